The lowest BCUT2D eigenvalue weighted by atomic mass is 10.3. The summed E-state index contributed by atoms with van der Waals surface area (Å²) in [4.78, 5) is 17.1. The van der Waals surface area contributed by atoms with Gasteiger partial charge in [-0.1, -0.05) is 11.6 Å². The zero-order valence-corrected chi connectivity index (χ0v) is 8.00. The van der Waals surface area contributed by atoms with Gasteiger partial charge in [-0.05, 0) is 13.0 Å². The molecule has 0 saturated carbocycles. The summed E-state index contributed by atoms with van der Waals surface area (Å²) in [5.41, 5.74) is 1.15. The Balaban J connectivity index is 2.76. The number of nitro benzene ring substituents is 1. The number of fused-ring (bicyclic) bond motifs is 1. The van der Waals surface area contributed by atoms with Crippen LogP contribution >= 0.6 is 11.6 Å². The highest BCUT2D eigenvalue weighted by Gasteiger charge is 2.14. The molecule has 0 aliphatic heterocycles. The Morgan fingerprint density at radius 1 is 1.57 bits per heavy atom. The van der Waals surface area contributed by atoms with Gasteiger partial charge in [0.25, 0.3) is 5.69 Å². The molecule has 14 heavy (non-hydrogen) atoms. The minimum absolute atomic E-state index is 0.106. The second kappa shape index (κ2) is 2.95. The van der Waals surface area contributed by atoms with E-state index in [4.69, 9.17) is 11.6 Å². The molecule has 0 spiro atoms. The van der Waals surface area contributed by atoms with E-state index >= 15 is 0 Å². The van der Waals surface area contributed by atoms with Crippen LogP contribution in [-0.4, -0.2) is 14.9 Å². The Bertz CT molecular complexity index is 521. The lowest BCUT2D eigenvalue weighted by Crippen LogP contribution is -1.88. The zero-order valence-electron chi connectivity index (χ0n) is 7.24. The summed E-state index contributed by atoms with van der Waals surface area (Å²) >= 11 is 5.71. The number of hydrogen-bond acceptors (Lipinski definition) is 3. The molecular weight excluding hydrogens is 206 g/mol. The molecule has 5 nitrogen and oxygen atoms in total. The van der Waals surface area contributed by atoms with Crippen LogP contribution in [0.4, 0.5) is 5.69 Å². The fraction of sp³-hybridized carbons (Fsp3) is 0.125. The Hall–Kier alpha value is -1.62. The van der Waals surface area contributed by atoms with Crippen molar-refractivity contribution >= 4 is 28.3 Å². The summed E-state index contributed by atoms with van der Waals surface area (Å²) in [5.74, 6) is 0.705. The van der Waals surface area contributed by atoms with Gasteiger partial charge in [0.05, 0.1) is 16.0 Å². The summed E-state index contributed by atoms with van der Waals surface area (Å²) in [6, 6.07) is 2.87. The van der Waals surface area contributed by atoms with Crippen molar-refractivity contribution in [2.75, 3.05) is 0 Å². The van der Waals surface area contributed by atoms with E-state index < -0.39 is 4.92 Å². The summed E-state index contributed by atoms with van der Waals surface area (Å²) in [5, 5.41) is 10.7. The maximum atomic E-state index is 10.6. The normalized spacial score (nSPS) is 10.7. The molecule has 0 fully saturated rings. The molecule has 6 heteroatoms. The number of aromatic amines is 1. The molecule has 0 bridgehead atoms. The van der Waals surface area contributed by atoms with Crippen LogP contribution < -0.4 is 0 Å². The Morgan fingerprint density at radius 2 is 2.29 bits per heavy atom. The van der Waals surface area contributed by atoms with Gasteiger partial charge in [-0.15, -0.1) is 0 Å². The molecular formula is C8H6ClN3O2. The van der Waals surface area contributed by atoms with Crippen LogP contribution in [0.1, 0.15) is 5.82 Å². The summed E-state index contributed by atoms with van der Waals surface area (Å²) in [7, 11) is 0. The minimum Gasteiger partial charge on any atom is -0.342 e. The lowest BCUT2D eigenvalue weighted by Gasteiger charge is -1.93. The molecule has 0 aliphatic rings. The first-order chi connectivity index (χ1) is 6.58. The van der Waals surface area contributed by atoms with Crippen LogP contribution in [0.25, 0.3) is 11.0 Å². The number of H-pyrrole nitrogens is 1. The molecule has 2 aromatic rings. The minimum atomic E-state index is -0.516. The van der Waals surface area contributed by atoms with E-state index in [1.54, 1.807) is 6.92 Å². The van der Waals surface area contributed by atoms with E-state index in [1.807, 2.05) is 0 Å². The second-order valence-corrected chi connectivity index (χ2v) is 3.31. The number of aromatic nitrogens is 2. The molecule has 1 aromatic heterocycles. The van der Waals surface area contributed by atoms with E-state index in [2.05, 4.69) is 9.97 Å². The monoisotopic (exact) mass is 211 g/mol. The van der Waals surface area contributed by atoms with Gasteiger partial charge in [0.2, 0.25) is 0 Å². The van der Waals surface area contributed by atoms with Gasteiger partial charge < -0.3 is 4.98 Å². The number of imidazole rings is 1. The predicted octanol–water partition coefficient (Wildman–Crippen LogP) is 2.43. The molecule has 2 rings (SSSR count). The number of aryl methyl sites for hydroxylation is 1. The van der Waals surface area contributed by atoms with Crippen LogP contribution in [0.3, 0.4) is 0 Å². The first-order valence-corrected chi connectivity index (χ1v) is 4.26. The molecule has 1 heterocycles. The van der Waals surface area contributed by atoms with Crippen LogP contribution in [0.5, 0.6) is 0 Å². The third kappa shape index (κ3) is 1.31. The van der Waals surface area contributed by atoms with Crippen LogP contribution in [0.2, 0.25) is 5.02 Å². The maximum absolute atomic E-state index is 10.6. The van der Waals surface area contributed by atoms with E-state index in [-0.39, 0.29) is 10.7 Å². The molecule has 0 radical (unpaired) electrons. The highest BCUT2D eigenvalue weighted by Crippen LogP contribution is 2.28. The fourth-order valence-corrected chi connectivity index (χ4v) is 1.51. The van der Waals surface area contributed by atoms with Crippen molar-refractivity contribution < 1.29 is 4.92 Å². The van der Waals surface area contributed by atoms with E-state index in [0.29, 0.717) is 16.9 Å². The number of rotatable bonds is 1. The Morgan fingerprint density at radius 3 is 2.93 bits per heavy atom. The predicted molar refractivity (Wildman–Crippen MR) is 52.5 cm³/mol. The molecule has 0 saturated heterocycles. The van der Waals surface area contributed by atoms with Crippen molar-refractivity contribution in [3.05, 3.63) is 33.1 Å². The van der Waals surface area contributed by atoms with Crippen molar-refractivity contribution in [1.82, 2.24) is 9.97 Å². The summed E-state index contributed by atoms with van der Waals surface area (Å²) < 4.78 is 0. The zero-order chi connectivity index (χ0) is 10.3. The van der Waals surface area contributed by atoms with E-state index in [0.717, 1.165) is 0 Å². The van der Waals surface area contributed by atoms with Gasteiger partial charge in [0.15, 0.2) is 0 Å². The smallest absolute Gasteiger partial charge is 0.290 e. The third-order valence-corrected chi connectivity index (χ3v) is 2.17. The number of hydrogen-bond donors (Lipinski definition) is 1. The van der Waals surface area contributed by atoms with Gasteiger partial charge in [-0.25, -0.2) is 4.98 Å². The number of benzene rings is 1. The summed E-state index contributed by atoms with van der Waals surface area (Å²) in [6.07, 6.45) is 0. The average molecular weight is 212 g/mol. The standard InChI is InChI=1S/C8H6ClN3O2/c1-4-10-6-2-5(9)8(12(13)14)3-7(6)11-4/h2-3H,1H3,(H,10,11). The fourth-order valence-electron chi connectivity index (χ4n) is 1.29. The number of halogens is 1. The lowest BCUT2D eigenvalue weighted by molar-refractivity contribution is -0.384. The SMILES string of the molecule is Cc1nc2cc(Cl)c([N+](=O)[O-])cc2[nH]1. The molecule has 0 unspecified atom stereocenters. The maximum Gasteiger partial charge on any atom is 0.290 e. The van der Waals surface area contributed by atoms with Gasteiger partial charge >= 0.3 is 0 Å². The first kappa shape index (κ1) is 8.96. The number of nitrogens with one attached hydrogen (secondary N) is 1. The van der Waals surface area contributed by atoms with E-state index in [9.17, 15) is 10.1 Å². The highest BCUT2D eigenvalue weighted by atomic mass is 35.5. The van der Waals surface area contributed by atoms with Gasteiger partial charge in [0.1, 0.15) is 10.8 Å². The molecule has 1 aromatic carbocycles. The Kier molecular flexibility index (Phi) is 1.89. The molecule has 0 atom stereocenters. The van der Waals surface area contributed by atoms with Crippen molar-refractivity contribution in [2.45, 2.75) is 6.92 Å². The molecule has 0 amide bonds. The molecule has 1 N–H and O–H groups in total. The van der Waals surface area contributed by atoms with Crippen molar-refractivity contribution in [1.29, 1.82) is 0 Å². The van der Waals surface area contributed by atoms with Gasteiger partial charge in [-0.3, -0.25) is 10.1 Å². The van der Waals surface area contributed by atoms with Crippen molar-refractivity contribution in [2.24, 2.45) is 0 Å². The highest BCUT2D eigenvalue weighted by molar-refractivity contribution is 6.33. The average Bonchev–Trinajstić information content (AvgIpc) is 2.42. The molecule has 72 valence electrons. The first-order valence-electron chi connectivity index (χ1n) is 3.88. The number of nitro groups is 1. The summed E-state index contributed by atoms with van der Waals surface area (Å²) in [6.45, 7) is 1.78. The van der Waals surface area contributed by atoms with E-state index in [1.165, 1.54) is 12.1 Å². The topological polar surface area (TPSA) is 71.8 Å². The van der Waals surface area contributed by atoms with Gasteiger partial charge in [-0.2, -0.15) is 0 Å². The van der Waals surface area contributed by atoms with Crippen molar-refractivity contribution in [3.63, 3.8) is 0 Å². The molecule has 0 aliphatic carbocycles. The quantitative estimate of drug-likeness (QED) is 0.582. The van der Waals surface area contributed by atoms with Crippen molar-refractivity contribution in [3.8, 4) is 0 Å². The second-order valence-electron chi connectivity index (χ2n) is 2.90. The third-order valence-electron chi connectivity index (χ3n) is 1.87. The number of nitrogens with zero attached hydrogens (tertiary/aromatic N) is 2. The van der Waals surface area contributed by atoms with Crippen LogP contribution in [0.15, 0.2) is 12.1 Å². The largest absolute Gasteiger partial charge is 0.342 e. The Labute approximate surface area is 83.9 Å². The van der Waals surface area contributed by atoms with Gasteiger partial charge in [0, 0.05) is 6.07 Å². The van der Waals surface area contributed by atoms with Crippen LogP contribution in [-0.2, 0) is 0 Å². The van der Waals surface area contributed by atoms with Crippen LogP contribution in [0, 0.1) is 17.0 Å².